The summed E-state index contributed by atoms with van der Waals surface area (Å²) in [5.74, 6) is 0.465. The van der Waals surface area contributed by atoms with Crippen LogP contribution in [0.4, 0.5) is 0 Å². The van der Waals surface area contributed by atoms with Crippen molar-refractivity contribution < 1.29 is 9.84 Å². The summed E-state index contributed by atoms with van der Waals surface area (Å²) in [7, 11) is 1.70. The van der Waals surface area contributed by atoms with Gasteiger partial charge in [-0.3, -0.25) is 0 Å². The van der Waals surface area contributed by atoms with Crippen LogP contribution >= 0.6 is 0 Å². The molecular formula is C14H23NO2. The number of ether oxygens (including phenoxy) is 1. The molecule has 1 unspecified atom stereocenters. The lowest BCUT2D eigenvalue weighted by molar-refractivity contribution is 0.129. The summed E-state index contributed by atoms with van der Waals surface area (Å²) >= 11 is 0. The average Bonchev–Trinajstić information content (AvgIpc) is 2.35. The van der Waals surface area contributed by atoms with E-state index in [4.69, 9.17) is 4.74 Å². The molecule has 3 heteroatoms. The van der Waals surface area contributed by atoms with Gasteiger partial charge in [0.05, 0.1) is 19.3 Å². The first kappa shape index (κ1) is 14.2. The predicted molar refractivity (Wildman–Crippen MR) is 69.9 cm³/mol. The molecule has 0 aliphatic carbocycles. The van der Waals surface area contributed by atoms with Gasteiger partial charge < -0.3 is 15.2 Å². The molecule has 1 rings (SSSR count). The smallest absolute Gasteiger partial charge is 0.0626 e. The van der Waals surface area contributed by atoms with Crippen molar-refractivity contribution in [1.82, 2.24) is 5.32 Å². The Labute approximate surface area is 104 Å². The van der Waals surface area contributed by atoms with Gasteiger partial charge in [-0.05, 0) is 11.5 Å². The number of nitrogens with one attached hydrogen (secondary N) is 1. The first-order valence-corrected chi connectivity index (χ1v) is 6.09. The third-order valence-corrected chi connectivity index (χ3v) is 2.95. The normalized spacial score (nSPS) is 14.9. The van der Waals surface area contributed by atoms with Crippen molar-refractivity contribution in [3.63, 3.8) is 0 Å². The first-order valence-electron chi connectivity index (χ1n) is 6.09. The zero-order valence-electron chi connectivity index (χ0n) is 10.9. The monoisotopic (exact) mass is 237 g/mol. The van der Waals surface area contributed by atoms with Crippen LogP contribution in [-0.4, -0.2) is 31.5 Å². The van der Waals surface area contributed by atoms with Crippen molar-refractivity contribution in [3.8, 4) is 0 Å². The molecule has 0 bridgehead atoms. The molecule has 0 spiro atoms. The molecule has 96 valence electrons. The third-order valence-electron chi connectivity index (χ3n) is 2.95. The molecule has 0 aromatic heterocycles. The van der Waals surface area contributed by atoms with Crippen LogP contribution in [0, 0.1) is 5.92 Å². The Morgan fingerprint density at radius 1 is 1.24 bits per heavy atom. The van der Waals surface area contributed by atoms with E-state index >= 15 is 0 Å². The number of hydrogen-bond donors (Lipinski definition) is 2. The minimum atomic E-state index is -0.0289. The number of rotatable bonds is 7. The maximum atomic E-state index is 9.48. The van der Waals surface area contributed by atoms with Crippen LogP contribution in [-0.2, 0) is 4.74 Å². The number of aliphatic hydroxyl groups excluding tert-OH is 1. The minimum absolute atomic E-state index is 0.0289. The van der Waals surface area contributed by atoms with Gasteiger partial charge in [0.1, 0.15) is 0 Å². The van der Waals surface area contributed by atoms with E-state index in [1.54, 1.807) is 7.11 Å². The number of methoxy groups -OCH3 is 1. The fourth-order valence-corrected chi connectivity index (χ4v) is 1.81. The molecule has 0 radical (unpaired) electrons. The van der Waals surface area contributed by atoms with Crippen LogP contribution in [0.1, 0.15) is 25.5 Å². The lowest BCUT2D eigenvalue weighted by Gasteiger charge is -2.27. The molecule has 0 saturated heterocycles. The molecule has 0 fully saturated rings. The molecule has 0 aliphatic rings. The van der Waals surface area contributed by atoms with E-state index in [1.807, 2.05) is 30.3 Å². The van der Waals surface area contributed by atoms with Gasteiger partial charge in [0, 0.05) is 13.2 Å². The van der Waals surface area contributed by atoms with Crippen molar-refractivity contribution in [2.45, 2.75) is 25.9 Å². The van der Waals surface area contributed by atoms with Crippen LogP contribution < -0.4 is 5.32 Å². The first-order chi connectivity index (χ1) is 8.19. The van der Waals surface area contributed by atoms with Crippen molar-refractivity contribution in [3.05, 3.63) is 35.9 Å². The highest BCUT2D eigenvalue weighted by Gasteiger charge is 2.18. The van der Waals surface area contributed by atoms with Crippen LogP contribution in [0.3, 0.4) is 0 Å². The van der Waals surface area contributed by atoms with Crippen LogP contribution in [0.25, 0.3) is 0 Å². The predicted octanol–water partition coefficient (Wildman–Crippen LogP) is 1.98. The molecule has 3 nitrogen and oxygen atoms in total. The summed E-state index contributed by atoms with van der Waals surface area (Å²) in [4.78, 5) is 0. The number of hydrogen-bond acceptors (Lipinski definition) is 3. The largest absolute Gasteiger partial charge is 0.394 e. The fraction of sp³-hybridized carbons (Fsp3) is 0.571. The van der Waals surface area contributed by atoms with E-state index in [0.29, 0.717) is 12.5 Å². The molecule has 1 aromatic rings. The highest BCUT2D eigenvalue weighted by Crippen LogP contribution is 2.15. The second-order valence-corrected chi connectivity index (χ2v) is 4.62. The highest BCUT2D eigenvalue weighted by molar-refractivity contribution is 5.19. The summed E-state index contributed by atoms with van der Waals surface area (Å²) in [6.07, 6.45) is 0. The van der Waals surface area contributed by atoms with Gasteiger partial charge in [-0.1, -0.05) is 44.2 Å². The molecule has 0 amide bonds. The summed E-state index contributed by atoms with van der Waals surface area (Å²) in [5.41, 5.74) is 1.11. The lowest BCUT2D eigenvalue weighted by atomic mass is 10.0. The summed E-state index contributed by atoms with van der Waals surface area (Å²) in [6, 6.07) is 10.2. The zero-order chi connectivity index (χ0) is 12.7. The Morgan fingerprint density at radius 3 is 2.35 bits per heavy atom. The molecule has 0 heterocycles. The SMILES string of the molecule is COCC(N[C@@H](CO)c1ccccc1)C(C)C. The van der Waals surface area contributed by atoms with Crippen LogP contribution in [0.2, 0.25) is 0 Å². The van der Waals surface area contributed by atoms with Crippen LogP contribution in [0.5, 0.6) is 0 Å². The maximum absolute atomic E-state index is 9.48. The summed E-state index contributed by atoms with van der Waals surface area (Å²) < 4.78 is 5.20. The van der Waals surface area contributed by atoms with Gasteiger partial charge in [0.15, 0.2) is 0 Å². The van der Waals surface area contributed by atoms with Crippen molar-refractivity contribution in [2.24, 2.45) is 5.92 Å². The van der Waals surface area contributed by atoms with Gasteiger partial charge >= 0.3 is 0 Å². The second kappa shape index (κ2) is 7.43. The minimum Gasteiger partial charge on any atom is -0.394 e. The molecule has 2 N–H and O–H groups in total. The molecule has 0 aliphatic heterocycles. The molecule has 2 atom stereocenters. The number of benzene rings is 1. The van der Waals surface area contributed by atoms with E-state index in [9.17, 15) is 5.11 Å². The Morgan fingerprint density at radius 2 is 1.88 bits per heavy atom. The van der Waals surface area contributed by atoms with Crippen LogP contribution in [0.15, 0.2) is 30.3 Å². The quantitative estimate of drug-likeness (QED) is 0.762. The van der Waals surface area contributed by atoms with E-state index in [0.717, 1.165) is 5.56 Å². The van der Waals surface area contributed by atoms with Gasteiger partial charge in [0.25, 0.3) is 0 Å². The Bertz CT molecular complexity index is 300. The van der Waals surface area contributed by atoms with E-state index < -0.39 is 0 Å². The van der Waals surface area contributed by atoms with E-state index in [-0.39, 0.29) is 18.7 Å². The zero-order valence-corrected chi connectivity index (χ0v) is 10.9. The maximum Gasteiger partial charge on any atom is 0.0626 e. The Hall–Kier alpha value is -0.900. The average molecular weight is 237 g/mol. The highest BCUT2D eigenvalue weighted by atomic mass is 16.5. The topological polar surface area (TPSA) is 41.5 Å². The van der Waals surface area contributed by atoms with Gasteiger partial charge in [-0.15, -0.1) is 0 Å². The molecule has 17 heavy (non-hydrogen) atoms. The van der Waals surface area contributed by atoms with Crippen molar-refractivity contribution >= 4 is 0 Å². The van der Waals surface area contributed by atoms with Gasteiger partial charge in [-0.2, -0.15) is 0 Å². The molecular weight excluding hydrogens is 214 g/mol. The third kappa shape index (κ3) is 4.46. The summed E-state index contributed by atoms with van der Waals surface area (Å²) in [5, 5.41) is 12.9. The van der Waals surface area contributed by atoms with Crippen molar-refractivity contribution in [2.75, 3.05) is 20.3 Å². The fourth-order valence-electron chi connectivity index (χ4n) is 1.81. The van der Waals surface area contributed by atoms with Gasteiger partial charge in [-0.25, -0.2) is 0 Å². The lowest BCUT2D eigenvalue weighted by Crippen LogP contribution is -2.41. The summed E-state index contributed by atoms with van der Waals surface area (Å²) in [6.45, 7) is 5.05. The Kier molecular flexibility index (Phi) is 6.19. The number of aliphatic hydroxyl groups is 1. The molecule has 1 aromatic carbocycles. The van der Waals surface area contributed by atoms with Crippen molar-refractivity contribution in [1.29, 1.82) is 0 Å². The standard InChI is InChI=1S/C14H23NO2/c1-11(2)14(10-17-3)15-13(9-16)12-7-5-4-6-8-12/h4-8,11,13-16H,9-10H2,1-3H3/t13-,14?/m0/s1. The van der Waals surface area contributed by atoms with E-state index in [2.05, 4.69) is 19.2 Å². The second-order valence-electron chi connectivity index (χ2n) is 4.62. The van der Waals surface area contributed by atoms with Gasteiger partial charge in [0.2, 0.25) is 0 Å². The Balaban J connectivity index is 2.68. The molecule has 0 saturated carbocycles. The van der Waals surface area contributed by atoms with E-state index in [1.165, 1.54) is 0 Å².